The number of ether oxygens (including phenoxy) is 1. The average molecular weight is 612 g/mol. The number of H-pyrrole nitrogens is 1. The number of hydrogen-bond donors (Lipinski definition) is 2. The van der Waals surface area contributed by atoms with Crippen LogP contribution < -0.4 is 9.62 Å². The smallest absolute Gasteiger partial charge is 0.304 e. The summed E-state index contributed by atoms with van der Waals surface area (Å²) in [6.45, 7) is 5.48. The fraction of sp³-hybridized carbons (Fsp3) is 0.516. The largest absolute Gasteiger partial charge is 0.379 e. The normalized spacial score (nSPS) is 25.7. The molecule has 224 valence electrons. The quantitative estimate of drug-likeness (QED) is 0.415. The first kappa shape index (κ1) is 28.2. The van der Waals surface area contributed by atoms with E-state index in [0.717, 1.165) is 56.6 Å². The van der Waals surface area contributed by atoms with Gasteiger partial charge in [0.25, 0.3) is 5.91 Å². The number of halogens is 1. The summed E-state index contributed by atoms with van der Waals surface area (Å²) in [6, 6.07) is 13.0. The molecule has 1 aromatic heterocycles. The van der Waals surface area contributed by atoms with Crippen LogP contribution in [0.4, 0.5) is 5.69 Å². The average Bonchev–Trinajstić information content (AvgIpc) is 3.49. The number of hydrogen-bond acceptors (Lipinski definition) is 5. The van der Waals surface area contributed by atoms with Crippen LogP contribution in [0.2, 0.25) is 5.02 Å². The number of rotatable bonds is 7. The zero-order chi connectivity index (χ0) is 28.9. The molecule has 9 nitrogen and oxygen atoms in total. The minimum Gasteiger partial charge on any atom is -0.379 e. The van der Waals surface area contributed by atoms with E-state index in [1.54, 1.807) is 22.6 Å². The van der Waals surface area contributed by atoms with E-state index in [2.05, 4.69) is 27.3 Å². The molecule has 4 fully saturated rings. The fourth-order valence-electron chi connectivity index (χ4n) is 7.28. The third-order valence-electron chi connectivity index (χ3n) is 9.95. The van der Waals surface area contributed by atoms with Crippen LogP contribution >= 0.6 is 11.6 Å². The van der Waals surface area contributed by atoms with Crippen molar-refractivity contribution in [2.24, 2.45) is 0 Å². The van der Waals surface area contributed by atoms with Gasteiger partial charge in [-0.3, -0.25) is 14.0 Å². The molecule has 3 aliphatic heterocycles. The number of nitrogens with zero attached hydrogens (tertiary/aromatic N) is 3. The summed E-state index contributed by atoms with van der Waals surface area (Å²) < 4.78 is 36.0. The van der Waals surface area contributed by atoms with Gasteiger partial charge in [-0.1, -0.05) is 36.2 Å². The summed E-state index contributed by atoms with van der Waals surface area (Å²) in [7, 11) is -3.69. The second-order valence-electron chi connectivity index (χ2n) is 12.2. The Labute approximate surface area is 252 Å². The predicted octanol–water partition coefficient (Wildman–Crippen LogP) is 4.29. The van der Waals surface area contributed by atoms with E-state index in [1.165, 1.54) is 29.1 Å². The van der Waals surface area contributed by atoms with Crippen LogP contribution in [0.1, 0.15) is 54.4 Å². The van der Waals surface area contributed by atoms with Gasteiger partial charge in [0.2, 0.25) is 0 Å². The lowest BCUT2D eigenvalue weighted by molar-refractivity contribution is 0.0311. The topological polar surface area (TPSA) is 98.0 Å². The van der Waals surface area contributed by atoms with Gasteiger partial charge in [-0.2, -0.15) is 12.7 Å². The van der Waals surface area contributed by atoms with Gasteiger partial charge in [0.05, 0.1) is 36.5 Å². The number of nitrogens with one attached hydrogen (secondary N) is 2. The van der Waals surface area contributed by atoms with Crippen molar-refractivity contribution in [3.05, 3.63) is 64.8 Å². The summed E-state index contributed by atoms with van der Waals surface area (Å²) >= 11 is 6.19. The predicted molar refractivity (Wildman–Crippen MR) is 164 cm³/mol. The summed E-state index contributed by atoms with van der Waals surface area (Å²) in [5, 5.41) is 4.62. The Morgan fingerprint density at radius 1 is 1.07 bits per heavy atom. The van der Waals surface area contributed by atoms with Crippen LogP contribution in [0.15, 0.2) is 48.7 Å². The molecule has 1 amide bonds. The van der Waals surface area contributed by atoms with Crippen LogP contribution in [0.25, 0.3) is 10.9 Å². The van der Waals surface area contributed by atoms with Crippen molar-refractivity contribution in [1.82, 2.24) is 19.5 Å². The van der Waals surface area contributed by atoms with Crippen molar-refractivity contribution < 1.29 is 17.9 Å². The summed E-state index contributed by atoms with van der Waals surface area (Å²) in [4.78, 5) is 18.8. The van der Waals surface area contributed by atoms with Crippen molar-refractivity contribution in [2.75, 3.05) is 50.2 Å². The second-order valence-corrected chi connectivity index (χ2v) is 14.4. The highest BCUT2D eigenvalue weighted by molar-refractivity contribution is 7.90. The number of aromatic amines is 1. The van der Waals surface area contributed by atoms with Crippen molar-refractivity contribution in [3.63, 3.8) is 0 Å². The lowest BCUT2D eigenvalue weighted by atomic mass is 9.62. The van der Waals surface area contributed by atoms with Crippen LogP contribution in [0, 0.1) is 0 Å². The standard InChI is InChI=1S/C31H38ClN5O4S/c32-26-20-33-28-19-22(4-9-25(26)28)30(38)34-27-3-1-13-36-29(27)21-37(42(36,39)40)24-7-5-23(6-8-24)31(10-2-11-31)12-14-35-15-17-41-18-16-35/h4-9,19-20,27,29,33H,1-3,10-18,21H2,(H,34,38)/t27-,29-/m1/s1. The molecule has 0 spiro atoms. The number of amides is 1. The molecule has 1 saturated carbocycles. The number of benzene rings is 2. The van der Waals surface area contributed by atoms with Gasteiger partial charge < -0.3 is 15.0 Å². The van der Waals surface area contributed by atoms with E-state index in [-0.39, 0.29) is 23.4 Å². The molecular formula is C31H38ClN5O4S. The first-order valence-electron chi connectivity index (χ1n) is 15.1. The Bertz CT molecular complexity index is 1570. The number of aromatic nitrogens is 1. The Morgan fingerprint density at radius 3 is 2.60 bits per heavy atom. The van der Waals surface area contributed by atoms with Crippen molar-refractivity contribution in [3.8, 4) is 0 Å². The van der Waals surface area contributed by atoms with E-state index >= 15 is 0 Å². The van der Waals surface area contributed by atoms with Gasteiger partial charge in [0, 0.05) is 48.3 Å². The fourth-order valence-corrected chi connectivity index (χ4v) is 9.39. The Kier molecular flexibility index (Phi) is 7.47. The number of carbonyl (C=O) groups excluding carboxylic acids is 1. The summed E-state index contributed by atoms with van der Waals surface area (Å²) in [5.41, 5.74) is 3.49. The SMILES string of the molecule is O=C(N[C@@H]1CCCN2[C@@H]1CN(c1ccc(C3(CCN4CCOCC4)CCC3)cc1)S2(=O)=O)c1ccc2c(Cl)c[nH]c2c1. The minimum absolute atomic E-state index is 0.183. The Balaban J connectivity index is 1.05. The molecule has 11 heteroatoms. The molecule has 4 heterocycles. The molecule has 2 aromatic carbocycles. The van der Waals surface area contributed by atoms with Gasteiger partial charge in [-0.15, -0.1) is 0 Å². The van der Waals surface area contributed by atoms with Crippen molar-refractivity contribution in [1.29, 1.82) is 0 Å². The highest BCUT2D eigenvalue weighted by Crippen LogP contribution is 2.47. The molecule has 2 N–H and O–H groups in total. The Hall–Kier alpha value is -2.63. The molecule has 3 saturated heterocycles. The van der Waals surface area contributed by atoms with Crippen LogP contribution in [-0.2, 0) is 20.4 Å². The van der Waals surface area contributed by atoms with E-state index in [9.17, 15) is 13.2 Å². The van der Waals surface area contributed by atoms with Crippen LogP contribution in [0.3, 0.4) is 0 Å². The van der Waals surface area contributed by atoms with Crippen molar-refractivity contribution in [2.45, 2.75) is 56.0 Å². The molecule has 42 heavy (non-hydrogen) atoms. The maximum absolute atomic E-state index is 13.7. The number of carbonyl (C=O) groups is 1. The zero-order valence-corrected chi connectivity index (χ0v) is 25.3. The molecule has 2 atom stereocenters. The molecular weight excluding hydrogens is 574 g/mol. The van der Waals surface area contributed by atoms with Gasteiger partial charge in [-0.25, -0.2) is 0 Å². The third-order valence-corrected chi connectivity index (χ3v) is 12.2. The van der Waals surface area contributed by atoms with Gasteiger partial charge in [0.15, 0.2) is 0 Å². The monoisotopic (exact) mass is 611 g/mol. The molecule has 1 aliphatic carbocycles. The van der Waals surface area contributed by atoms with E-state index < -0.39 is 10.2 Å². The van der Waals surface area contributed by atoms with Crippen LogP contribution in [-0.4, -0.2) is 86.5 Å². The molecule has 0 unspecified atom stereocenters. The van der Waals surface area contributed by atoms with Gasteiger partial charge in [-0.05, 0) is 73.9 Å². The van der Waals surface area contributed by atoms with E-state index in [0.29, 0.717) is 35.8 Å². The molecule has 0 bridgehead atoms. The summed E-state index contributed by atoms with van der Waals surface area (Å²) in [5.74, 6) is -0.211. The number of morpholine rings is 1. The van der Waals surface area contributed by atoms with Crippen molar-refractivity contribution >= 4 is 44.3 Å². The zero-order valence-electron chi connectivity index (χ0n) is 23.7. The molecule has 0 radical (unpaired) electrons. The van der Waals surface area contributed by atoms with E-state index in [1.807, 2.05) is 18.2 Å². The first-order chi connectivity index (χ1) is 20.3. The lowest BCUT2D eigenvalue weighted by Crippen LogP contribution is -2.54. The van der Waals surface area contributed by atoms with Gasteiger partial charge >= 0.3 is 10.2 Å². The lowest BCUT2D eigenvalue weighted by Gasteiger charge is -2.44. The number of anilines is 1. The molecule has 7 rings (SSSR count). The maximum Gasteiger partial charge on any atom is 0.304 e. The number of fused-ring (bicyclic) bond motifs is 2. The first-order valence-corrected chi connectivity index (χ1v) is 16.9. The summed E-state index contributed by atoms with van der Waals surface area (Å²) in [6.07, 6.45) is 7.85. The second kappa shape index (κ2) is 11.1. The molecule has 3 aromatic rings. The Morgan fingerprint density at radius 2 is 1.86 bits per heavy atom. The van der Waals surface area contributed by atoms with Gasteiger partial charge in [0.1, 0.15) is 0 Å². The highest BCUT2D eigenvalue weighted by Gasteiger charge is 2.49. The number of piperidine rings is 1. The third kappa shape index (κ3) is 5.01. The van der Waals surface area contributed by atoms with Crippen LogP contribution in [0.5, 0.6) is 0 Å². The maximum atomic E-state index is 13.7. The van der Waals surface area contributed by atoms with E-state index in [4.69, 9.17) is 16.3 Å². The minimum atomic E-state index is -3.69. The molecule has 4 aliphatic rings. The highest BCUT2D eigenvalue weighted by atomic mass is 35.5.